The van der Waals surface area contributed by atoms with Crippen LogP contribution in [-0.2, 0) is 0 Å². The Kier molecular flexibility index (Phi) is 7.01. The van der Waals surface area contributed by atoms with Gasteiger partial charge in [0.15, 0.2) is 0 Å². The van der Waals surface area contributed by atoms with Crippen molar-refractivity contribution in [3.8, 4) is 33.4 Å². The summed E-state index contributed by atoms with van der Waals surface area (Å²) in [5.41, 5.74) is 12.2. The molecule has 0 fully saturated rings. The molecule has 296 valence electrons. The van der Waals surface area contributed by atoms with Crippen molar-refractivity contribution in [2.45, 2.75) is 0 Å². The number of aromatic nitrogens is 2. The highest BCUT2D eigenvalue weighted by Crippen LogP contribution is 2.44. The fraction of sp³-hybridized carbons (Fsp3) is 0. The number of benzene rings is 11. The molecule has 2 nitrogen and oxygen atoms in total. The molecule has 0 saturated heterocycles. The van der Waals surface area contributed by atoms with Gasteiger partial charge in [-0.1, -0.05) is 127 Å². The van der Waals surface area contributed by atoms with E-state index in [1.807, 2.05) is 22.7 Å². The van der Waals surface area contributed by atoms with Crippen LogP contribution < -0.4 is 0 Å². The van der Waals surface area contributed by atoms with E-state index in [2.05, 4.69) is 204 Å². The first-order chi connectivity index (χ1) is 31.6. The third kappa shape index (κ3) is 5.01. The molecular weight excluding hydrogens is 813 g/mol. The number of hydrogen-bond donors (Lipinski definition) is 2. The zero-order valence-corrected chi connectivity index (χ0v) is 35.9. The molecule has 0 aliphatic carbocycles. The Balaban J connectivity index is 0.847. The maximum absolute atomic E-state index is 3.88. The number of fused-ring (bicyclic) bond motifs is 17. The third-order valence-electron chi connectivity index (χ3n) is 13.9. The summed E-state index contributed by atoms with van der Waals surface area (Å²) in [5.74, 6) is 0. The van der Waals surface area contributed by atoms with Crippen molar-refractivity contribution in [2.24, 2.45) is 0 Å². The van der Waals surface area contributed by atoms with Crippen molar-refractivity contribution in [2.75, 3.05) is 0 Å². The lowest BCUT2D eigenvalue weighted by molar-refractivity contribution is 1.57. The molecule has 0 spiro atoms. The van der Waals surface area contributed by atoms with Crippen LogP contribution in [0, 0.1) is 0 Å². The van der Waals surface area contributed by atoms with E-state index in [4.69, 9.17) is 0 Å². The fourth-order valence-electron chi connectivity index (χ4n) is 10.8. The predicted molar refractivity (Wildman–Crippen MR) is 280 cm³/mol. The lowest BCUT2D eigenvalue weighted by Gasteiger charge is -2.12. The minimum atomic E-state index is 1.18. The highest BCUT2D eigenvalue weighted by atomic mass is 32.1. The molecule has 4 heteroatoms. The predicted octanol–water partition coefficient (Wildman–Crippen LogP) is 18.2. The number of rotatable bonds is 3. The summed E-state index contributed by atoms with van der Waals surface area (Å²) in [6.45, 7) is 0. The van der Waals surface area contributed by atoms with E-state index in [9.17, 15) is 0 Å². The van der Waals surface area contributed by atoms with Crippen LogP contribution in [-0.4, -0.2) is 9.97 Å². The lowest BCUT2D eigenvalue weighted by atomic mass is 9.91. The van der Waals surface area contributed by atoms with Crippen LogP contribution in [0.15, 0.2) is 194 Å². The van der Waals surface area contributed by atoms with Gasteiger partial charge in [-0.05, 0) is 122 Å². The Morgan fingerprint density at radius 1 is 0.250 bits per heavy atom. The maximum atomic E-state index is 3.88. The molecule has 0 amide bonds. The molecule has 15 aromatic rings. The quantitative estimate of drug-likeness (QED) is 0.178. The monoisotopic (exact) mass is 846 g/mol. The summed E-state index contributed by atoms with van der Waals surface area (Å²) in [4.78, 5) is 7.69. The van der Waals surface area contributed by atoms with E-state index >= 15 is 0 Å². The van der Waals surface area contributed by atoms with E-state index < -0.39 is 0 Å². The lowest BCUT2D eigenvalue weighted by Crippen LogP contribution is -1.86. The molecule has 0 unspecified atom stereocenters. The van der Waals surface area contributed by atoms with E-state index in [-0.39, 0.29) is 0 Å². The molecule has 2 N–H and O–H groups in total. The van der Waals surface area contributed by atoms with Crippen LogP contribution in [0.1, 0.15) is 0 Å². The summed E-state index contributed by atoms with van der Waals surface area (Å²) in [6.07, 6.45) is 0. The average molecular weight is 847 g/mol. The fourth-order valence-corrected chi connectivity index (χ4v) is 13.0. The summed E-state index contributed by atoms with van der Waals surface area (Å²) in [5, 5.41) is 17.8. The van der Waals surface area contributed by atoms with Gasteiger partial charge in [-0.15, -0.1) is 22.7 Å². The van der Waals surface area contributed by atoms with Crippen LogP contribution in [0.4, 0.5) is 0 Å². The van der Waals surface area contributed by atoms with Crippen molar-refractivity contribution < 1.29 is 0 Å². The van der Waals surface area contributed by atoms with Gasteiger partial charge in [-0.3, -0.25) is 0 Å². The molecule has 0 aliphatic heterocycles. The smallest absolute Gasteiger partial charge is 0.0544 e. The van der Waals surface area contributed by atoms with Crippen LogP contribution >= 0.6 is 22.7 Å². The molecule has 15 rings (SSSR count). The molecular formula is C60H34N2S2. The molecule has 4 aromatic heterocycles. The number of aromatic amines is 2. The molecule has 4 heterocycles. The van der Waals surface area contributed by atoms with Crippen LogP contribution in [0.5, 0.6) is 0 Å². The molecule has 0 atom stereocenters. The first kappa shape index (κ1) is 34.8. The van der Waals surface area contributed by atoms with Gasteiger partial charge in [0.25, 0.3) is 0 Å². The van der Waals surface area contributed by atoms with Crippen molar-refractivity contribution in [1.82, 2.24) is 9.97 Å². The Bertz CT molecular complexity index is 4480. The zero-order chi connectivity index (χ0) is 41.6. The van der Waals surface area contributed by atoms with Crippen LogP contribution in [0.25, 0.3) is 150 Å². The molecule has 0 aliphatic rings. The molecule has 64 heavy (non-hydrogen) atoms. The standard InChI is InChI=1S/C60H34N2S2/c1-2-8-33(9-3-1)36-17-22-55-49(26-36)51-29-54-48(32-57(51)63-55)45-21-16-38-24-35(15-19-43(38)60(45)62-54)40-25-37-11-5-6-12-41(37)46(28-40)39-18-23-56-50(27-39)52-30-53-47(31-58(52)64-56)44-20-14-34-10-4-7-13-42(34)59(44)61-53/h1-32,61-62H. The van der Waals surface area contributed by atoms with Crippen molar-refractivity contribution >= 4 is 139 Å². The van der Waals surface area contributed by atoms with Gasteiger partial charge in [0, 0.05) is 83.7 Å². The summed E-state index contributed by atoms with van der Waals surface area (Å²) in [7, 11) is 0. The van der Waals surface area contributed by atoms with Gasteiger partial charge in [0.05, 0.1) is 11.0 Å². The molecule has 0 radical (unpaired) electrons. The largest absolute Gasteiger partial charge is 0.354 e. The Labute approximate surface area is 374 Å². The van der Waals surface area contributed by atoms with Gasteiger partial charge in [0.1, 0.15) is 0 Å². The second-order valence-electron chi connectivity index (χ2n) is 17.4. The third-order valence-corrected chi connectivity index (χ3v) is 16.1. The van der Waals surface area contributed by atoms with Crippen molar-refractivity contribution in [3.05, 3.63) is 194 Å². The SMILES string of the molecule is c1ccc(-c2ccc3sc4cc5c(cc4c3c2)[nH]c2c3ccc(-c4cc(-c6ccc7sc8cc9c(cc8c7c6)[nH]c6c7ccccc7ccc96)c6ccccc6c4)cc3ccc52)cc1. The summed E-state index contributed by atoms with van der Waals surface area (Å²) >= 11 is 3.77. The second-order valence-corrected chi connectivity index (χ2v) is 19.6. The van der Waals surface area contributed by atoms with E-state index in [0.717, 1.165) is 0 Å². The van der Waals surface area contributed by atoms with Gasteiger partial charge >= 0.3 is 0 Å². The highest BCUT2D eigenvalue weighted by molar-refractivity contribution is 7.26. The van der Waals surface area contributed by atoms with Gasteiger partial charge in [-0.2, -0.15) is 0 Å². The molecule has 11 aromatic carbocycles. The number of nitrogens with one attached hydrogen (secondary N) is 2. The zero-order valence-electron chi connectivity index (χ0n) is 34.3. The number of thiophene rings is 2. The number of H-pyrrole nitrogens is 2. The van der Waals surface area contributed by atoms with Gasteiger partial charge < -0.3 is 9.97 Å². The van der Waals surface area contributed by atoms with Crippen molar-refractivity contribution in [3.63, 3.8) is 0 Å². The van der Waals surface area contributed by atoms with Crippen molar-refractivity contribution in [1.29, 1.82) is 0 Å². The minimum Gasteiger partial charge on any atom is -0.354 e. The van der Waals surface area contributed by atoms with Gasteiger partial charge in [0.2, 0.25) is 0 Å². The Hall–Kier alpha value is -7.76. The normalized spacial score (nSPS) is 12.4. The average Bonchev–Trinajstić information content (AvgIpc) is 4.11. The summed E-state index contributed by atoms with van der Waals surface area (Å²) in [6, 6.07) is 72.6. The maximum Gasteiger partial charge on any atom is 0.0544 e. The first-order valence-corrected chi connectivity index (χ1v) is 23.5. The van der Waals surface area contributed by atoms with E-state index in [0.29, 0.717) is 0 Å². The molecule has 0 saturated carbocycles. The van der Waals surface area contributed by atoms with Crippen LogP contribution in [0.3, 0.4) is 0 Å². The topological polar surface area (TPSA) is 31.6 Å². The second kappa shape index (κ2) is 12.9. The van der Waals surface area contributed by atoms with Crippen LogP contribution in [0.2, 0.25) is 0 Å². The Morgan fingerprint density at radius 3 is 1.47 bits per heavy atom. The highest BCUT2D eigenvalue weighted by Gasteiger charge is 2.17. The van der Waals surface area contributed by atoms with E-state index in [1.54, 1.807) is 0 Å². The summed E-state index contributed by atoms with van der Waals surface area (Å²) < 4.78 is 5.27. The Morgan fingerprint density at radius 2 is 0.750 bits per heavy atom. The minimum absolute atomic E-state index is 1.18. The van der Waals surface area contributed by atoms with Gasteiger partial charge in [-0.25, -0.2) is 0 Å². The first-order valence-electron chi connectivity index (χ1n) is 21.9. The molecule has 0 bridgehead atoms. The number of hydrogen-bond acceptors (Lipinski definition) is 2. The van der Waals surface area contributed by atoms with E-state index in [1.165, 1.54) is 150 Å².